The minimum atomic E-state index is -0.736. The summed E-state index contributed by atoms with van der Waals surface area (Å²) in [6.45, 7) is 1.21. The number of nitro benzene ring substituents is 1. The fourth-order valence-corrected chi connectivity index (χ4v) is 4.43. The van der Waals surface area contributed by atoms with Gasteiger partial charge in [0.1, 0.15) is 0 Å². The monoisotopic (exact) mass is 478 g/mol. The first-order chi connectivity index (χ1) is 16.3. The summed E-state index contributed by atoms with van der Waals surface area (Å²) < 4.78 is 10.1. The van der Waals surface area contributed by atoms with Crippen molar-refractivity contribution in [3.8, 4) is 11.5 Å². The molecule has 3 aromatic rings. The molecule has 0 aromatic heterocycles. The summed E-state index contributed by atoms with van der Waals surface area (Å²) in [6, 6.07) is 16.1. The molecule has 9 nitrogen and oxygen atoms in total. The van der Waals surface area contributed by atoms with Crippen molar-refractivity contribution in [2.45, 2.75) is 13.5 Å². The Balaban J connectivity index is 1.65. The van der Waals surface area contributed by atoms with Gasteiger partial charge in [0, 0.05) is 12.5 Å². The Morgan fingerprint density at radius 3 is 2.53 bits per heavy atom. The number of imide groups is 1. The van der Waals surface area contributed by atoms with E-state index in [-0.39, 0.29) is 28.5 Å². The van der Waals surface area contributed by atoms with Crippen LogP contribution in [0.4, 0.5) is 10.5 Å². The lowest BCUT2D eigenvalue weighted by molar-refractivity contribution is -0.386. The second-order valence-corrected chi connectivity index (χ2v) is 8.33. The van der Waals surface area contributed by atoms with E-state index in [1.54, 1.807) is 0 Å². The van der Waals surface area contributed by atoms with Crippen molar-refractivity contribution < 1.29 is 28.8 Å². The summed E-state index contributed by atoms with van der Waals surface area (Å²) in [7, 11) is 1.22. The Morgan fingerprint density at radius 2 is 1.85 bits per heavy atom. The maximum Gasteiger partial charge on any atom is 0.353 e. The molecular formula is C24H18N2O7S. The second kappa shape index (κ2) is 9.36. The smallest absolute Gasteiger partial charge is 0.353 e. The molecule has 0 saturated carbocycles. The molecule has 0 N–H and O–H groups in total. The zero-order chi connectivity index (χ0) is 24.4. The first-order valence-electron chi connectivity index (χ1n) is 10.1. The van der Waals surface area contributed by atoms with Crippen LogP contribution in [0.3, 0.4) is 0 Å². The van der Waals surface area contributed by atoms with Gasteiger partial charge in [-0.2, -0.15) is 0 Å². The third-order valence-electron chi connectivity index (χ3n) is 5.08. The van der Waals surface area contributed by atoms with Crippen molar-refractivity contribution in [1.29, 1.82) is 0 Å². The average molecular weight is 478 g/mol. The van der Waals surface area contributed by atoms with Crippen LogP contribution in [-0.2, 0) is 16.1 Å². The quantitative estimate of drug-likeness (QED) is 0.161. The summed E-state index contributed by atoms with van der Waals surface area (Å²) >= 11 is 0.736. The van der Waals surface area contributed by atoms with Gasteiger partial charge in [0.15, 0.2) is 0 Å². The number of carbonyl (C=O) groups excluding carboxylic acids is 3. The Kier molecular flexibility index (Phi) is 6.33. The predicted molar refractivity (Wildman–Crippen MR) is 126 cm³/mol. The molecule has 1 saturated heterocycles. The number of methoxy groups -OCH3 is 1. The Bertz CT molecular complexity index is 1380. The normalized spacial score (nSPS) is 14.6. The molecule has 1 aliphatic heterocycles. The lowest BCUT2D eigenvalue weighted by atomic mass is 10.1. The van der Waals surface area contributed by atoms with Crippen LogP contribution in [-0.4, -0.2) is 34.0 Å². The van der Waals surface area contributed by atoms with Crippen LogP contribution in [0, 0.1) is 10.1 Å². The molecule has 10 heteroatoms. The number of rotatable bonds is 6. The van der Waals surface area contributed by atoms with Crippen LogP contribution in [0.2, 0.25) is 0 Å². The van der Waals surface area contributed by atoms with Crippen LogP contribution in [0.1, 0.15) is 18.1 Å². The van der Waals surface area contributed by atoms with Gasteiger partial charge in [-0.3, -0.25) is 29.4 Å². The summed E-state index contributed by atoms with van der Waals surface area (Å²) in [5.41, 5.74) is 0.435. The van der Waals surface area contributed by atoms with Gasteiger partial charge in [0.2, 0.25) is 11.5 Å². The zero-order valence-corrected chi connectivity index (χ0v) is 19.0. The highest BCUT2D eigenvalue weighted by Crippen LogP contribution is 2.42. The average Bonchev–Trinajstić information content (AvgIpc) is 3.06. The van der Waals surface area contributed by atoms with Gasteiger partial charge >= 0.3 is 11.7 Å². The number of carbonyl (C=O) groups is 3. The van der Waals surface area contributed by atoms with Crippen molar-refractivity contribution in [1.82, 2.24) is 4.90 Å². The fraction of sp³-hybridized carbons (Fsp3) is 0.125. The first kappa shape index (κ1) is 23.0. The number of ether oxygens (including phenoxy) is 2. The van der Waals surface area contributed by atoms with Crippen LogP contribution in [0.15, 0.2) is 59.5 Å². The fourth-order valence-electron chi connectivity index (χ4n) is 3.60. The van der Waals surface area contributed by atoms with E-state index in [4.69, 9.17) is 9.47 Å². The molecule has 0 aliphatic carbocycles. The Hall–Kier alpha value is -4.18. The summed E-state index contributed by atoms with van der Waals surface area (Å²) in [6.07, 6.45) is 1.36. The van der Waals surface area contributed by atoms with Crippen molar-refractivity contribution in [2.75, 3.05) is 7.11 Å². The van der Waals surface area contributed by atoms with Gasteiger partial charge in [0.25, 0.3) is 11.1 Å². The van der Waals surface area contributed by atoms with Gasteiger partial charge in [-0.1, -0.05) is 36.4 Å². The summed E-state index contributed by atoms with van der Waals surface area (Å²) in [5.74, 6) is -1.72. The van der Waals surface area contributed by atoms with Crippen LogP contribution < -0.4 is 9.47 Å². The van der Waals surface area contributed by atoms with Crippen LogP contribution in [0.25, 0.3) is 16.8 Å². The highest BCUT2D eigenvalue weighted by atomic mass is 32.2. The Morgan fingerprint density at radius 1 is 1.12 bits per heavy atom. The van der Waals surface area contributed by atoms with Crippen LogP contribution >= 0.6 is 11.8 Å². The molecule has 3 aromatic carbocycles. The minimum absolute atomic E-state index is 0.0928. The van der Waals surface area contributed by atoms with E-state index in [0.717, 1.165) is 39.9 Å². The molecule has 0 unspecified atom stereocenters. The number of thioether (sulfide) groups is 1. The number of benzene rings is 3. The van der Waals surface area contributed by atoms with E-state index in [9.17, 15) is 24.5 Å². The molecule has 1 aliphatic rings. The molecule has 0 bridgehead atoms. The standard InChI is InChI=1S/C24H18N2O7S/c1-14(27)33-19-10-9-18(22(32-2)21(19)26(30)31)12-20-23(28)25(24(29)34-20)13-15-7-8-16-5-3-4-6-17(16)11-15/h3-12H,13H2,1-2H3/b20-12-. The van der Waals surface area contributed by atoms with Gasteiger partial charge in [0.05, 0.1) is 23.5 Å². The maximum absolute atomic E-state index is 13.0. The third kappa shape index (κ3) is 4.48. The minimum Gasteiger partial charge on any atom is -0.490 e. The SMILES string of the molecule is COc1c(/C=C2\SC(=O)N(Cc3ccc4ccccc4c3)C2=O)ccc(OC(C)=O)c1[N+](=O)[O-]. The second-order valence-electron chi connectivity index (χ2n) is 7.33. The molecule has 0 radical (unpaired) electrons. The lowest BCUT2D eigenvalue weighted by Crippen LogP contribution is -2.27. The van der Waals surface area contributed by atoms with E-state index in [2.05, 4.69) is 0 Å². The van der Waals surface area contributed by atoms with Crippen molar-refractivity contribution in [3.05, 3.63) is 80.7 Å². The molecule has 0 atom stereocenters. The number of hydrogen-bond acceptors (Lipinski definition) is 8. The first-order valence-corrected chi connectivity index (χ1v) is 10.9. The van der Waals surface area contributed by atoms with E-state index in [1.165, 1.54) is 25.3 Å². The molecule has 1 fully saturated rings. The molecule has 2 amide bonds. The number of amides is 2. The molecule has 34 heavy (non-hydrogen) atoms. The van der Waals surface area contributed by atoms with Crippen molar-refractivity contribution in [2.24, 2.45) is 0 Å². The van der Waals surface area contributed by atoms with Gasteiger partial charge in [-0.05, 0) is 52.4 Å². The summed E-state index contributed by atoms with van der Waals surface area (Å²) in [5, 5.41) is 13.2. The third-order valence-corrected chi connectivity index (χ3v) is 5.99. The molecule has 4 rings (SSSR count). The number of nitrogens with zero attached hydrogens (tertiary/aromatic N) is 2. The maximum atomic E-state index is 13.0. The highest BCUT2D eigenvalue weighted by molar-refractivity contribution is 8.18. The zero-order valence-electron chi connectivity index (χ0n) is 18.1. The van der Waals surface area contributed by atoms with Crippen molar-refractivity contribution in [3.63, 3.8) is 0 Å². The number of esters is 1. The van der Waals surface area contributed by atoms with Gasteiger partial charge < -0.3 is 9.47 Å². The van der Waals surface area contributed by atoms with E-state index < -0.39 is 27.7 Å². The van der Waals surface area contributed by atoms with Crippen LogP contribution in [0.5, 0.6) is 11.5 Å². The van der Waals surface area contributed by atoms with E-state index >= 15 is 0 Å². The lowest BCUT2D eigenvalue weighted by Gasteiger charge is -2.13. The van der Waals surface area contributed by atoms with Gasteiger partial charge in [-0.15, -0.1) is 0 Å². The number of hydrogen-bond donors (Lipinski definition) is 0. The topological polar surface area (TPSA) is 116 Å². The summed E-state index contributed by atoms with van der Waals surface area (Å²) in [4.78, 5) is 49.0. The number of fused-ring (bicyclic) bond motifs is 1. The van der Waals surface area contributed by atoms with Gasteiger partial charge in [-0.25, -0.2) is 0 Å². The molecule has 172 valence electrons. The number of nitro groups is 1. The van der Waals surface area contributed by atoms with Crippen molar-refractivity contribution >= 4 is 51.4 Å². The van der Waals surface area contributed by atoms with E-state index in [1.807, 2.05) is 42.5 Å². The molecular weight excluding hydrogens is 460 g/mol. The highest BCUT2D eigenvalue weighted by Gasteiger charge is 2.36. The Labute approximate surface area is 198 Å². The van der Waals surface area contributed by atoms with E-state index in [0.29, 0.717) is 0 Å². The molecule has 0 spiro atoms. The molecule has 1 heterocycles. The predicted octanol–water partition coefficient (Wildman–Crippen LogP) is 4.92. The largest absolute Gasteiger partial charge is 0.490 e.